The molecule has 1 aliphatic heterocycles. The van der Waals surface area contributed by atoms with Gasteiger partial charge in [0.25, 0.3) is 0 Å². The van der Waals surface area contributed by atoms with Crippen molar-refractivity contribution in [1.82, 2.24) is 5.32 Å². The van der Waals surface area contributed by atoms with Crippen molar-refractivity contribution in [2.24, 2.45) is 0 Å². The Morgan fingerprint density at radius 2 is 2.23 bits per heavy atom. The molecule has 1 aliphatic rings. The molecule has 72 valence electrons. The minimum absolute atomic E-state index is 0. The van der Waals surface area contributed by atoms with Crippen molar-refractivity contribution in [2.45, 2.75) is 20.0 Å². The van der Waals surface area contributed by atoms with Crippen LogP contribution >= 0.6 is 12.4 Å². The topological polar surface area (TPSA) is 24.1 Å². The lowest BCUT2D eigenvalue weighted by atomic mass is 10.1. The minimum Gasteiger partial charge on any atom is -0.385 e. The number of hydrogen-bond donors (Lipinski definition) is 2. The average Bonchev–Trinajstić information content (AvgIpc) is 2.53. The maximum Gasteiger partial charge on any atom is 0.0388 e. The monoisotopic (exact) mass is 198 g/mol. The van der Waals surface area contributed by atoms with Crippen molar-refractivity contribution in [1.29, 1.82) is 0 Å². The van der Waals surface area contributed by atoms with Crippen LogP contribution in [0.1, 0.15) is 18.1 Å². The van der Waals surface area contributed by atoms with E-state index in [-0.39, 0.29) is 12.4 Å². The van der Waals surface area contributed by atoms with E-state index >= 15 is 0 Å². The molecule has 0 saturated carbocycles. The van der Waals surface area contributed by atoms with Crippen molar-refractivity contribution in [2.75, 3.05) is 11.9 Å². The molecule has 1 aromatic rings. The SMILES string of the molecule is CCNc1cccc2c1CNC2.Cl. The number of halogens is 1. The Labute approximate surface area is 85.1 Å². The first kappa shape index (κ1) is 10.4. The Balaban J connectivity index is 0.000000845. The van der Waals surface area contributed by atoms with E-state index in [4.69, 9.17) is 0 Å². The molecule has 0 bridgehead atoms. The molecule has 0 amide bonds. The fourth-order valence-corrected chi connectivity index (χ4v) is 1.69. The second-order valence-electron chi connectivity index (χ2n) is 3.08. The molecule has 0 radical (unpaired) electrons. The van der Waals surface area contributed by atoms with Crippen LogP contribution in [0, 0.1) is 0 Å². The smallest absolute Gasteiger partial charge is 0.0388 e. The van der Waals surface area contributed by atoms with E-state index in [9.17, 15) is 0 Å². The summed E-state index contributed by atoms with van der Waals surface area (Å²) in [5.74, 6) is 0. The Kier molecular flexibility index (Phi) is 3.58. The number of rotatable bonds is 2. The molecule has 0 atom stereocenters. The number of benzene rings is 1. The third kappa shape index (κ3) is 1.95. The van der Waals surface area contributed by atoms with Crippen LogP contribution < -0.4 is 10.6 Å². The lowest BCUT2D eigenvalue weighted by Crippen LogP contribution is -2.02. The number of anilines is 1. The summed E-state index contributed by atoms with van der Waals surface area (Å²) in [6.07, 6.45) is 0. The highest BCUT2D eigenvalue weighted by molar-refractivity contribution is 5.85. The maximum absolute atomic E-state index is 3.37. The first-order valence-corrected chi connectivity index (χ1v) is 4.47. The van der Waals surface area contributed by atoms with E-state index in [0.717, 1.165) is 19.6 Å². The van der Waals surface area contributed by atoms with Gasteiger partial charge < -0.3 is 10.6 Å². The number of hydrogen-bond acceptors (Lipinski definition) is 2. The fraction of sp³-hybridized carbons (Fsp3) is 0.400. The number of fused-ring (bicyclic) bond motifs is 1. The Bertz CT molecular complexity index is 286. The van der Waals surface area contributed by atoms with Crippen molar-refractivity contribution in [3.8, 4) is 0 Å². The maximum atomic E-state index is 3.37. The van der Waals surface area contributed by atoms with Crippen molar-refractivity contribution >= 4 is 18.1 Å². The third-order valence-electron chi connectivity index (χ3n) is 2.26. The molecular weight excluding hydrogens is 184 g/mol. The predicted molar refractivity (Wildman–Crippen MR) is 58.4 cm³/mol. The molecule has 2 N–H and O–H groups in total. The van der Waals surface area contributed by atoms with E-state index in [1.165, 1.54) is 16.8 Å². The first-order valence-electron chi connectivity index (χ1n) is 4.47. The summed E-state index contributed by atoms with van der Waals surface area (Å²) in [6, 6.07) is 6.45. The Morgan fingerprint density at radius 1 is 1.38 bits per heavy atom. The second kappa shape index (κ2) is 4.49. The van der Waals surface area contributed by atoms with Crippen LogP contribution in [-0.2, 0) is 13.1 Å². The van der Waals surface area contributed by atoms with Crippen LogP contribution in [0.15, 0.2) is 18.2 Å². The molecule has 0 aromatic heterocycles. The van der Waals surface area contributed by atoms with Gasteiger partial charge in [0.2, 0.25) is 0 Å². The van der Waals surface area contributed by atoms with Gasteiger partial charge in [0.1, 0.15) is 0 Å². The second-order valence-corrected chi connectivity index (χ2v) is 3.08. The van der Waals surface area contributed by atoms with Gasteiger partial charge in [-0.1, -0.05) is 12.1 Å². The summed E-state index contributed by atoms with van der Waals surface area (Å²) < 4.78 is 0. The average molecular weight is 199 g/mol. The zero-order valence-electron chi connectivity index (χ0n) is 7.76. The fourth-order valence-electron chi connectivity index (χ4n) is 1.69. The molecule has 0 aliphatic carbocycles. The van der Waals surface area contributed by atoms with Crippen LogP contribution in [0.4, 0.5) is 5.69 Å². The summed E-state index contributed by atoms with van der Waals surface area (Å²) in [5.41, 5.74) is 4.17. The summed E-state index contributed by atoms with van der Waals surface area (Å²) in [6.45, 7) is 5.16. The van der Waals surface area contributed by atoms with Gasteiger partial charge in [-0.3, -0.25) is 0 Å². The highest BCUT2D eigenvalue weighted by atomic mass is 35.5. The predicted octanol–water partition coefficient (Wildman–Crippen LogP) is 2.14. The van der Waals surface area contributed by atoms with Crippen molar-refractivity contribution < 1.29 is 0 Å². The highest BCUT2D eigenvalue weighted by Gasteiger charge is 2.12. The van der Waals surface area contributed by atoms with E-state index in [0.29, 0.717) is 0 Å². The Morgan fingerprint density at radius 3 is 3.00 bits per heavy atom. The van der Waals surface area contributed by atoms with Crippen LogP contribution in [0.3, 0.4) is 0 Å². The molecular formula is C10H15ClN2. The van der Waals surface area contributed by atoms with Gasteiger partial charge in [-0.25, -0.2) is 0 Å². The quantitative estimate of drug-likeness (QED) is 0.761. The summed E-state index contributed by atoms with van der Waals surface area (Å²) in [5, 5.41) is 6.71. The molecule has 0 saturated heterocycles. The molecule has 0 spiro atoms. The van der Waals surface area contributed by atoms with Gasteiger partial charge in [-0.05, 0) is 24.1 Å². The first-order chi connectivity index (χ1) is 5.92. The minimum atomic E-state index is 0. The summed E-state index contributed by atoms with van der Waals surface area (Å²) >= 11 is 0. The van der Waals surface area contributed by atoms with E-state index in [1.807, 2.05) is 0 Å². The zero-order chi connectivity index (χ0) is 8.39. The largest absolute Gasteiger partial charge is 0.385 e. The molecule has 0 fully saturated rings. The molecule has 1 aromatic carbocycles. The number of nitrogens with one attached hydrogen (secondary N) is 2. The van der Waals surface area contributed by atoms with Gasteiger partial charge >= 0.3 is 0 Å². The van der Waals surface area contributed by atoms with Crippen LogP contribution in [0.5, 0.6) is 0 Å². The summed E-state index contributed by atoms with van der Waals surface area (Å²) in [7, 11) is 0. The molecule has 2 rings (SSSR count). The van der Waals surface area contributed by atoms with Gasteiger partial charge in [-0.2, -0.15) is 0 Å². The molecule has 2 nitrogen and oxygen atoms in total. The van der Waals surface area contributed by atoms with Crippen LogP contribution in [0.25, 0.3) is 0 Å². The standard InChI is InChI=1S/C10H14N2.ClH/c1-2-12-10-5-3-4-8-6-11-7-9(8)10;/h3-5,11-12H,2,6-7H2,1H3;1H. The highest BCUT2D eigenvalue weighted by Crippen LogP contribution is 2.23. The lowest BCUT2D eigenvalue weighted by molar-refractivity contribution is 0.765. The molecule has 3 heteroatoms. The van der Waals surface area contributed by atoms with Crippen molar-refractivity contribution in [3.63, 3.8) is 0 Å². The van der Waals surface area contributed by atoms with Gasteiger partial charge in [-0.15, -0.1) is 12.4 Å². The van der Waals surface area contributed by atoms with Gasteiger partial charge in [0.15, 0.2) is 0 Å². The van der Waals surface area contributed by atoms with Crippen molar-refractivity contribution in [3.05, 3.63) is 29.3 Å². The lowest BCUT2D eigenvalue weighted by Gasteiger charge is -2.07. The molecule has 0 unspecified atom stereocenters. The van der Waals surface area contributed by atoms with Crippen LogP contribution in [0.2, 0.25) is 0 Å². The van der Waals surface area contributed by atoms with E-state index in [2.05, 4.69) is 35.8 Å². The summed E-state index contributed by atoms with van der Waals surface area (Å²) in [4.78, 5) is 0. The van der Waals surface area contributed by atoms with Gasteiger partial charge in [0, 0.05) is 25.3 Å². The normalized spacial score (nSPS) is 13.3. The third-order valence-corrected chi connectivity index (χ3v) is 2.26. The van der Waals surface area contributed by atoms with E-state index in [1.54, 1.807) is 0 Å². The zero-order valence-corrected chi connectivity index (χ0v) is 8.58. The van der Waals surface area contributed by atoms with E-state index < -0.39 is 0 Å². The molecule has 13 heavy (non-hydrogen) atoms. The van der Waals surface area contributed by atoms with Gasteiger partial charge in [0.05, 0.1) is 0 Å². The Hall–Kier alpha value is -0.730. The molecule has 1 heterocycles. The van der Waals surface area contributed by atoms with Crippen LogP contribution in [-0.4, -0.2) is 6.54 Å².